The molecule has 0 atom stereocenters. The average Bonchev–Trinajstić information content (AvgIpc) is 2.69. The van der Waals surface area contributed by atoms with E-state index in [0.29, 0.717) is 12.2 Å². The van der Waals surface area contributed by atoms with Crippen molar-refractivity contribution in [2.24, 2.45) is 11.8 Å². The van der Waals surface area contributed by atoms with Crippen molar-refractivity contribution >= 4 is 11.7 Å². The highest BCUT2D eigenvalue weighted by Gasteiger charge is 2.30. The highest BCUT2D eigenvalue weighted by Crippen LogP contribution is 2.33. The summed E-state index contributed by atoms with van der Waals surface area (Å²) in [6, 6.07) is 0.921. The van der Waals surface area contributed by atoms with Gasteiger partial charge in [0.1, 0.15) is 11.5 Å². The lowest BCUT2D eigenvalue weighted by atomic mass is 9.81. The lowest BCUT2D eigenvalue weighted by Gasteiger charge is -2.42. The molecule has 0 bridgehead atoms. The zero-order valence-corrected chi connectivity index (χ0v) is 17.3. The van der Waals surface area contributed by atoms with Gasteiger partial charge in [-0.25, -0.2) is 9.97 Å². The number of carbonyl (C=O) groups is 1. The van der Waals surface area contributed by atoms with Crippen LogP contribution in [0.15, 0.2) is 12.4 Å². The lowest BCUT2D eigenvalue weighted by molar-refractivity contribution is 0.0772. The van der Waals surface area contributed by atoms with Crippen LogP contribution in [0, 0.1) is 11.8 Å². The Labute approximate surface area is 169 Å². The summed E-state index contributed by atoms with van der Waals surface area (Å²) in [5, 5.41) is 2.76. The molecule has 6 nitrogen and oxygen atoms in total. The molecule has 0 spiro atoms. The molecular formula is C22H35N5O. The van der Waals surface area contributed by atoms with Gasteiger partial charge in [-0.05, 0) is 76.8 Å². The van der Waals surface area contributed by atoms with Crippen LogP contribution in [-0.4, -0.2) is 59.5 Å². The molecule has 28 heavy (non-hydrogen) atoms. The van der Waals surface area contributed by atoms with Crippen LogP contribution in [0.5, 0.6) is 0 Å². The van der Waals surface area contributed by atoms with Gasteiger partial charge in [-0.1, -0.05) is 6.42 Å². The summed E-state index contributed by atoms with van der Waals surface area (Å²) in [6.45, 7) is 7.29. The van der Waals surface area contributed by atoms with Crippen molar-refractivity contribution < 1.29 is 4.79 Å². The maximum Gasteiger partial charge on any atom is 0.271 e. The quantitative estimate of drug-likeness (QED) is 0.815. The lowest BCUT2D eigenvalue weighted by Crippen LogP contribution is -2.45. The molecule has 1 aliphatic carbocycles. The topological polar surface area (TPSA) is 61.4 Å². The number of nitrogens with one attached hydrogen (secondary N) is 1. The monoisotopic (exact) mass is 385 g/mol. The van der Waals surface area contributed by atoms with Crippen molar-refractivity contribution in [3.63, 3.8) is 0 Å². The third kappa shape index (κ3) is 4.65. The molecule has 1 aromatic rings. The van der Waals surface area contributed by atoms with Gasteiger partial charge < -0.3 is 15.1 Å². The molecule has 0 aromatic carbocycles. The number of amides is 1. The number of aromatic nitrogens is 2. The summed E-state index contributed by atoms with van der Waals surface area (Å²) < 4.78 is 0. The fourth-order valence-corrected chi connectivity index (χ4v) is 5.03. The summed E-state index contributed by atoms with van der Waals surface area (Å²) in [5.41, 5.74) is 0.397. The first-order valence-electron chi connectivity index (χ1n) is 11.3. The Morgan fingerprint density at radius 2 is 1.68 bits per heavy atom. The largest absolute Gasteiger partial charge is 0.355 e. The predicted molar refractivity (Wildman–Crippen MR) is 112 cm³/mol. The van der Waals surface area contributed by atoms with E-state index in [1.165, 1.54) is 64.5 Å². The standard InChI is InChI=1S/C22H35N5O/c1-2-23-22(28)20-15-25-21(16-24-20)27-12-8-18(9-13-27)14-17-6-10-26(11-7-17)19-4-3-5-19/h15-19H,2-14H2,1H3,(H,23,28). The third-order valence-electron chi connectivity index (χ3n) is 7.05. The zero-order valence-electron chi connectivity index (χ0n) is 17.3. The van der Waals surface area contributed by atoms with E-state index in [1.807, 2.05) is 6.92 Å². The van der Waals surface area contributed by atoms with Gasteiger partial charge in [-0.3, -0.25) is 4.79 Å². The highest BCUT2D eigenvalue weighted by molar-refractivity contribution is 5.91. The van der Waals surface area contributed by atoms with E-state index < -0.39 is 0 Å². The van der Waals surface area contributed by atoms with Gasteiger partial charge in [0.05, 0.1) is 12.4 Å². The summed E-state index contributed by atoms with van der Waals surface area (Å²) >= 11 is 0. The summed E-state index contributed by atoms with van der Waals surface area (Å²) in [7, 11) is 0. The van der Waals surface area contributed by atoms with Crippen LogP contribution in [-0.2, 0) is 0 Å². The van der Waals surface area contributed by atoms with Crippen LogP contribution in [0.2, 0.25) is 0 Å². The Bertz CT molecular complexity index is 629. The fourth-order valence-electron chi connectivity index (χ4n) is 5.03. The van der Waals surface area contributed by atoms with Gasteiger partial charge >= 0.3 is 0 Å². The number of hydrogen-bond acceptors (Lipinski definition) is 5. The molecular weight excluding hydrogens is 350 g/mol. The summed E-state index contributed by atoms with van der Waals surface area (Å²) in [5.74, 6) is 2.55. The molecule has 4 rings (SSSR count). The number of carbonyl (C=O) groups excluding carboxylic acids is 1. The first-order valence-corrected chi connectivity index (χ1v) is 11.3. The molecule has 1 saturated carbocycles. The third-order valence-corrected chi connectivity index (χ3v) is 7.05. The van der Waals surface area contributed by atoms with E-state index in [-0.39, 0.29) is 5.91 Å². The van der Waals surface area contributed by atoms with E-state index in [2.05, 4.69) is 25.1 Å². The Kier molecular flexibility index (Phi) is 6.45. The smallest absolute Gasteiger partial charge is 0.271 e. The second kappa shape index (κ2) is 9.21. The maximum absolute atomic E-state index is 11.8. The summed E-state index contributed by atoms with van der Waals surface area (Å²) in [4.78, 5) is 25.7. The Hall–Kier alpha value is -1.69. The summed E-state index contributed by atoms with van der Waals surface area (Å²) in [6.07, 6.45) is 14.4. The number of hydrogen-bond donors (Lipinski definition) is 1. The molecule has 2 saturated heterocycles. The number of likely N-dealkylation sites (tertiary alicyclic amines) is 1. The van der Waals surface area contributed by atoms with Gasteiger partial charge in [-0.2, -0.15) is 0 Å². The molecule has 1 N–H and O–H groups in total. The van der Waals surface area contributed by atoms with Crippen molar-refractivity contribution in [3.8, 4) is 0 Å². The van der Waals surface area contributed by atoms with Gasteiger partial charge in [-0.15, -0.1) is 0 Å². The molecule has 0 radical (unpaired) electrons. The maximum atomic E-state index is 11.8. The molecule has 0 unspecified atom stereocenters. The van der Waals surface area contributed by atoms with Gasteiger partial charge in [0, 0.05) is 25.7 Å². The number of piperidine rings is 2. The fraction of sp³-hybridized carbons (Fsp3) is 0.773. The van der Waals surface area contributed by atoms with Crippen LogP contribution in [0.25, 0.3) is 0 Å². The molecule has 1 aromatic heterocycles. The molecule has 6 heteroatoms. The SMILES string of the molecule is CCNC(=O)c1cnc(N2CCC(CC3CCN(C4CCC4)CC3)CC2)cn1. The van der Waals surface area contributed by atoms with Crippen LogP contribution < -0.4 is 10.2 Å². The predicted octanol–water partition coefficient (Wildman–Crippen LogP) is 3.10. The van der Waals surface area contributed by atoms with E-state index in [9.17, 15) is 4.79 Å². The van der Waals surface area contributed by atoms with Crippen LogP contribution >= 0.6 is 0 Å². The van der Waals surface area contributed by atoms with Crippen LogP contribution in [0.3, 0.4) is 0 Å². The van der Waals surface area contributed by atoms with E-state index >= 15 is 0 Å². The van der Waals surface area contributed by atoms with Crippen molar-refractivity contribution in [2.75, 3.05) is 37.6 Å². The minimum absolute atomic E-state index is 0.149. The van der Waals surface area contributed by atoms with Crippen molar-refractivity contribution in [2.45, 2.75) is 64.3 Å². The van der Waals surface area contributed by atoms with Crippen molar-refractivity contribution in [1.82, 2.24) is 20.2 Å². The van der Waals surface area contributed by atoms with E-state index in [0.717, 1.165) is 36.8 Å². The number of rotatable bonds is 6. The Morgan fingerprint density at radius 1 is 1.00 bits per heavy atom. The Balaban J connectivity index is 1.20. The van der Waals surface area contributed by atoms with Gasteiger partial charge in [0.25, 0.3) is 5.91 Å². The van der Waals surface area contributed by atoms with Crippen molar-refractivity contribution in [1.29, 1.82) is 0 Å². The molecule has 3 aliphatic rings. The average molecular weight is 386 g/mol. The number of nitrogens with zero attached hydrogens (tertiary/aromatic N) is 4. The molecule has 2 aliphatic heterocycles. The number of anilines is 1. The second-order valence-electron chi connectivity index (χ2n) is 8.85. The minimum Gasteiger partial charge on any atom is -0.355 e. The normalized spacial score (nSPS) is 22.8. The molecule has 3 fully saturated rings. The van der Waals surface area contributed by atoms with E-state index in [4.69, 9.17) is 0 Å². The zero-order chi connectivity index (χ0) is 19.3. The van der Waals surface area contributed by atoms with Gasteiger partial charge in [0.15, 0.2) is 0 Å². The van der Waals surface area contributed by atoms with Crippen LogP contribution in [0.4, 0.5) is 5.82 Å². The van der Waals surface area contributed by atoms with Gasteiger partial charge in [0.2, 0.25) is 0 Å². The molecule has 3 heterocycles. The van der Waals surface area contributed by atoms with Crippen LogP contribution in [0.1, 0.15) is 68.8 Å². The first kappa shape index (κ1) is 19.6. The molecule has 154 valence electrons. The highest BCUT2D eigenvalue weighted by atomic mass is 16.1. The van der Waals surface area contributed by atoms with E-state index in [1.54, 1.807) is 12.4 Å². The molecule has 1 amide bonds. The minimum atomic E-state index is -0.149. The Morgan fingerprint density at radius 3 is 2.21 bits per heavy atom. The first-order chi connectivity index (χ1) is 13.7. The van der Waals surface area contributed by atoms with Crippen molar-refractivity contribution in [3.05, 3.63) is 18.1 Å². The second-order valence-corrected chi connectivity index (χ2v) is 8.85.